The lowest BCUT2D eigenvalue weighted by Crippen LogP contribution is -2.38. The highest BCUT2D eigenvalue weighted by atomic mass is 16.3. The van der Waals surface area contributed by atoms with Gasteiger partial charge in [0, 0.05) is 24.0 Å². The molecule has 4 heteroatoms. The monoisotopic (exact) mass is 328 g/mol. The van der Waals surface area contributed by atoms with Crippen LogP contribution in [0.15, 0.2) is 36.4 Å². The van der Waals surface area contributed by atoms with Crippen molar-refractivity contribution in [2.75, 3.05) is 6.61 Å². The van der Waals surface area contributed by atoms with E-state index in [0.717, 1.165) is 11.4 Å². The molecule has 4 nitrogen and oxygen atoms in total. The van der Waals surface area contributed by atoms with Gasteiger partial charge in [-0.2, -0.15) is 0 Å². The Labute approximate surface area is 144 Å². The highest BCUT2D eigenvalue weighted by Crippen LogP contribution is 2.25. The van der Waals surface area contributed by atoms with Crippen LogP contribution >= 0.6 is 0 Å². The highest BCUT2D eigenvalue weighted by molar-refractivity contribution is 5.95. The summed E-state index contributed by atoms with van der Waals surface area (Å²) in [5.41, 5.74) is 3.95. The minimum absolute atomic E-state index is 0.0284. The number of hydrogen-bond donors (Lipinski definition) is 2. The van der Waals surface area contributed by atoms with Gasteiger partial charge in [0.15, 0.2) is 0 Å². The fourth-order valence-electron chi connectivity index (χ4n) is 3.07. The quantitative estimate of drug-likeness (QED) is 0.853. The fourth-order valence-corrected chi connectivity index (χ4v) is 3.07. The second-order valence-corrected chi connectivity index (χ2v) is 6.66. The van der Waals surface area contributed by atoms with E-state index in [1.165, 1.54) is 5.56 Å². The summed E-state index contributed by atoms with van der Waals surface area (Å²) in [6.45, 7) is 10.1. The Bertz CT molecular complexity index is 691. The molecule has 130 valence electrons. The fraction of sp³-hybridized carbons (Fsp3) is 0.450. The zero-order valence-electron chi connectivity index (χ0n) is 15.2. The second kappa shape index (κ2) is 7.67. The van der Waals surface area contributed by atoms with Gasteiger partial charge in [-0.3, -0.25) is 4.79 Å². The van der Waals surface area contributed by atoms with Gasteiger partial charge in [-0.1, -0.05) is 37.3 Å². The molecule has 0 aliphatic rings. The van der Waals surface area contributed by atoms with Crippen LogP contribution in [0.2, 0.25) is 0 Å². The number of benzene rings is 1. The number of rotatable bonds is 6. The molecular formula is C20H28N2O2. The molecule has 0 bridgehead atoms. The smallest absolute Gasteiger partial charge is 0.253 e. The van der Waals surface area contributed by atoms with E-state index < -0.39 is 0 Å². The molecule has 0 fully saturated rings. The van der Waals surface area contributed by atoms with Crippen molar-refractivity contribution < 1.29 is 9.90 Å². The topological polar surface area (TPSA) is 54.3 Å². The third-order valence-corrected chi connectivity index (χ3v) is 4.90. The maximum Gasteiger partial charge on any atom is 0.253 e. The maximum atomic E-state index is 12.6. The molecule has 3 atom stereocenters. The van der Waals surface area contributed by atoms with E-state index in [1.807, 2.05) is 52.0 Å². The number of aliphatic hydroxyl groups is 1. The van der Waals surface area contributed by atoms with Crippen LogP contribution in [-0.4, -0.2) is 28.2 Å². The molecule has 0 spiro atoms. The molecule has 0 radical (unpaired) electrons. The first kappa shape index (κ1) is 18.3. The van der Waals surface area contributed by atoms with Gasteiger partial charge in [0.1, 0.15) is 0 Å². The lowest BCUT2D eigenvalue weighted by Gasteiger charge is -2.20. The Kier molecular flexibility index (Phi) is 5.84. The summed E-state index contributed by atoms with van der Waals surface area (Å²) in [7, 11) is 0. The maximum absolute atomic E-state index is 12.6. The first-order chi connectivity index (χ1) is 11.4. The summed E-state index contributed by atoms with van der Waals surface area (Å²) in [4.78, 5) is 12.6. The number of hydrogen-bond acceptors (Lipinski definition) is 2. The zero-order chi connectivity index (χ0) is 17.9. The molecule has 24 heavy (non-hydrogen) atoms. The van der Waals surface area contributed by atoms with Gasteiger partial charge in [0.25, 0.3) is 5.91 Å². The number of nitrogens with zero attached hydrogens (tertiary/aromatic N) is 1. The second-order valence-electron chi connectivity index (χ2n) is 6.66. The van der Waals surface area contributed by atoms with E-state index in [0.29, 0.717) is 5.56 Å². The van der Waals surface area contributed by atoms with Gasteiger partial charge in [0.05, 0.1) is 11.6 Å². The third kappa shape index (κ3) is 3.70. The van der Waals surface area contributed by atoms with E-state index in [2.05, 4.69) is 28.9 Å². The first-order valence-corrected chi connectivity index (χ1v) is 8.51. The molecule has 2 aromatic rings. The average Bonchev–Trinajstić information content (AvgIpc) is 2.88. The SMILES string of the molecule is Cc1cc(C(=O)NC(C)C(C)CO)c(C)n1C(C)c1ccccc1. The summed E-state index contributed by atoms with van der Waals surface area (Å²) in [6, 6.07) is 12.3. The average molecular weight is 328 g/mol. The molecule has 0 aliphatic heterocycles. The molecular weight excluding hydrogens is 300 g/mol. The summed E-state index contributed by atoms with van der Waals surface area (Å²) >= 11 is 0. The van der Waals surface area contributed by atoms with Gasteiger partial charge in [-0.05, 0) is 45.2 Å². The number of aromatic nitrogens is 1. The molecule has 2 N–H and O–H groups in total. The van der Waals surface area contributed by atoms with E-state index in [4.69, 9.17) is 0 Å². The van der Waals surface area contributed by atoms with Crippen LogP contribution in [-0.2, 0) is 0 Å². The first-order valence-electron chi connectivity index (χ1n) is 8.51. The number of carbonyl (C=O) groups excluding carboxylic acids is 1. The summed E-state index contributed by atoms with van der Waals surface area (Å²) in [5.74, 6) is -0.0527. The van der Waals surface area contributed by atoms with Crippen LogP contribution in [0.3, 0.4) is 0 Å². The van der Waals surface area contributed by atoms with Gasteiger partial charge in [-0.25, -0.2) is 0 Å². The number of nitrogens with one attached hydrogen (secondary N) is 1. The van der Waals surface area contributed by atoms with Crippen molar-refractivity contribution in [2.45, 2.75) is 46.7 Å². The van der Waals surface area contributed by atoms with Crippen molar-refractivity contribution in [1.82, 2.24) is 9.88 Å². The Morgan fingerprint density at radius 2 is 1.79 bits per heavy atom. The number of amides is 1. The van der Waals surface area contributed by atoms with Crippen molar-refractivity contribution in [1.29, 1.82) is 0 Å². The molecule has 0 saturated carbocycles. The molecule has 0 aliphatic carbocycles. The van der Waals surface area contributed by atoms with E-state index in [1.54, 1.807) is 0 Å². The van der Waals surface area contributed by atoms with E-state index in [9.17, 15) is 9.90 Å². The van der Waals surface area contributed by atoms with Crippen LogP contribution in [0.25, 0.3) is 0 Å². The van der Waals surface area contributed by atoms with Crippen molar-refractivity contribution in [2.24, 2.45) is 5.92 Å². The van der Waals surface area contributed by atoms with Gasteiger partial charge in [-0.15, -0.1) is 0 Å². The van der Waals surface area contributed by atoms with Crippen LogP contribution in [0.5, 0.6) is 0 Å². The Hall–Kier alpha value is -2.07. The molecule has 1 aromatic carbocycles. The Morgan fingerprint density at radius 1 is 1.17 bits per heavy atom. The lowest BCUT2D eigenvalue weighted by atomic mass is 10.0. The minimum atomic E-state index is -0.0811. The predicted molar refractivity (Wildman–Crippen MR) is 97.3 cm³/mol. The Morgan fingerprint density at radius 3 is 2.38 bits per heavy atom. The predicted octanol–water partition coefficient (Wildman–Crippen LogP) is 3.46. The van der Waals surface area contributed by atoms with Crippen LogP contribution in [0, 0.1) is 19.8 Å². The van der Waals surface area contributed by atoms with Gasteiger partial charge >= 0.3 is 0 Å². The van der Waals surface area contributed by atoms with E-state index >= 15 is 0 Å². The van der Waals surface area contributed by atoms with Crippen molar-refractivity contribution >= 4 is 5.91 Å². The molecule has 3 unspecified atom stereocenters. The van der Waals surface area contributed by atoms with Crippen LogP contribution in [0.4, 0.5) is 0 Å². The number of carbonyl (C=O) groups is 1. The highest BCUT2D eigenvalue weighted by Gasteiger charge is 2.21. The third-order valence-electron chi connectivity index (χ3n) is 4.90. The molecule has 1 heterocycles. The largest absolute Gasteiger partial charge is 0.396 e. The molecule has 0 saturated heterocycles. The lowest BCUT2D eigenvalue weighted by molar-refractivity contribution is 0.0915. The minimum Gasteiger partial charge on any atom is -0.396 e. The van der Waals surface area contributed by atoms with E-state index in [-0.39, 0.29) is 30.5 Å². The Balaban J connectivity index is 2.27. The van der Waals surface area contributed by atoms with Crippen molar-refractivity contribution in [3.05, 3.63) is 58.9 Å². The normalized spacial score (nSPS) is 14.9. The van der Waals surface area contributed by atoms with Crippen molar-refractivity contribution in [3.63, 3.8) is 0 Å². The van der Waals surface area contributed by atoms with Crippen LogP contribution in [0.1, 0.15) is 54.1 Å². The van der Waals surface area contributed by atoms with Crippen LogP contribution < -0.4 is 5.32 Å². The van der Waals surface area contributed by atoms with Gasteiger partial charge in [0.2, 0.25) is 0 Å². The zero-order valence-corrected chi connectivity index (χ0v) is 15.2. The number of aliphatic hydroxyl groups excluding tert-OH is 1. The van der Waals surface area contributed by atoms with Gasteiger partial charge < -0.3 is 15.0 Å². The molecule has 2 rings (SSSR count). The molecule has 1 aromatic heterocycles. The van der Waals surface area contributed by atoms with Crippen molar-refractivity contribution in [3.8, 4) is 0 Å². The summed E-state index contributed by atoms with van der Waals surface area (Å²) < 4.78 is 2.20. The number of aryl methyl sites for hydroxylation is 1. The summed E-state index contributed by atoms with van der Waals surface area (Å²) in [6.07, 6.45) is 0. The standard InChI is InChI=1S/C20H28N2O2/c1-13(12-23)15(3)21-20(24)19-11-14(2)22(17(19)5)16(4)18-9-7-6-8-10-18/h6-11,13,15-16,23H,12H2,1-5H3,(H,21,24). The molecule has 1 amide bonds. The summed E-state index contributed by atoms with van der Waals surface area (Å²) in [5, 5.41) is 12.2.